The van der Waals surface area contributed by atoms with Gasteiger partial charge in [-0.15, -0.1) is 0 Å². The molecule has 0 spiro atoms. The van der Waals surface area contributed by atoms with Gasteiger partial charge < -0.3 is 4.74 Å². The Hall–Kier alpha value is -1.31. The molecule has 0 fully saturated rings. The van der Waals surface area contributed by atoms with Gasteiger partial charge in [0.15, 0.2) is 0 Å². The van der Waals surface area contributed by atoms with Gasteiger partial charge in [0.05, 0.1) is 0 Å². The highest BCUT2D eigenvalue weighted by Crippen LogP contribution is 1.96. The Morgan fingerprint density at radius 1 is 1.27 bits per heavy atom. The molecule has 0 bridgehead atoms. The zero-order valence-electron chi connectivity index (χ0n) is 9.77. The summed E-state index contributed by atoms with van der Waals surface area (Å²) >= 11 is 0. The molecular formula is C13H20O2. The monoisotopic (exact) mass is 208 g/mol. The summed E-state index contributed by atoms with van der Waals surface area (Å²) in [5, 5.41) is 0. The molecule has 0 N–H and O–H groups in total. The smallest absolute Gasteiger partial charge is 0.303 e. The molecule has 0 aliphatic rings. The first-order valence-electron chi connectivity index (χ1n) is 5.28. The number of hydrogen-bond acceptors (Lipinski definition) is 2. The van der Waals surface area contributed by atoms with E-state index in [4.69, 9.17) is 4.74 Å². The normalized spacial score (nSPS) is 14.1. The summed E-state index contributed by atoms with van der Waals surface area (Å²) in [5.41, 5.74) is 0. The Morgan fingerprint density at radius 2 is 1.93 bits per heavy atom. The third kappa shape index (κ3) is 10.6. The fourth-order valence-corrected chi connectivity index (χ4v) is 1.06. The van der Waals surface area contributed by atoms with Crippen LogP contribution in [0.15, 0.2) is 36.5 Å². The lowest BCUT2D eigenvalue weighted by Gasteiger charge is -2.04. The Labute approximate surface area is 92.3 Å². The Balaban J connectivity index is 3.64. The van der Waals surface area contributed by atoms with Crippen LogP contribution in [0.4, 0.5) is 0 Å². The van der Waals surface area contributed by atoms with Crippen molar-refractivity contribution >= 4 is 5.97 Å². The van der Waals surface area contributed by atoms with Gasteiger partial charge in [-0.3, -0.25) is 4.79 Å². The average molecular weight is 208 g/mol. The number of unbranched alkanes of at least 4 members (excludes halogenated alkanes) is 1. The van der Waals surface area contributed by atoms with Crippen LogP contribution in [0.3, 0.4) is 0 Å². The molecule has 0 amide bonds. The quantitative estimate of drug-likeness (QED) is 0.289. The van der Waals surface area contributed by atoms with Crippen molar-refractivity contribution in [1.82, 2.24) is 0 Å². The maximum atomic E-state index is 10.6. The van der Waals surface area contributed by atoms with Crippen molar-refractivity contribution in [3.05, 3.63) is 36.5 Å². The van der Waals surface area contributed by atoms with Gasteiger partial charge in [0.25, 0.3) is 0 Å². The van der Waals surface area contributed by atoms with Crippen LogP contribution >= 0.6 is 0 Å². The fraction of sp³-hybridized carbons (Fsp3) is 0.462. The molecule has 0 saturated carbocycles. The van der Waals surface area contributed by atoms with Crippen LogP contribution in [-0.4, -0.2) is 12.1 Å². The van der Waals surface area contributed by atoms with Gasteiger partial charge >= 0.3 is 5.97 Å². The number of ether oxygens (including phenoxy) is 1. The van der Waals surface area contributed by atoms with E-state index in [1.165, 1.54) is 6.92 Å². The van der Waals surface area contributed by atoms with E-state index in [-0.39, 0.29) is 12.1 Å². The summed E-state index contributed by atoms with van der Waals surface area (Å²) in [6, 6.07) is 0. The molecule has 0 aliphatic carbocycles. The van der Waals surface area contributed by atoms with E-state index >= 15 is 0 Å². The Morgan fingerprint density at radius 3 is 2.53 bits per heavy atom. The van der Waals surface area contributed by atoms with Gasteiger partial charge in [0, 0.05) is 6.92 Å². The topological polar surface area (TPSA) is 26.3 Å². The summed E-state index contributed by atoms with van der Waals surface area (Å²) in [5.74, 6) is -0.246. The van der Waals surface area contributed by atoms with Crippen molar-refractivity contribution in [1.29, 1.82) is 0 Å². The van der Waals surface area contributed by atoms with Crippen LogP contribution in [0.1, 0.15) is 33.6 Å². The maximum Gasteiger partial charge on any atom is 0.303 e. The summed E-state index contributed by atoms with van der Waals surface area (Å²) in [4.78, 5) is 10.6. The van der Waals surface area contributed by atoms with Crippen LogP contribution in [0.2, 0.25) is 0 Å². The number of carbonyl (C=O) groups is 1. The van der Waals surface area contributed by atoms with Crippen LogP contribution in [0.25, 0.3) is 0 Å². The SMILES string of the molecule is C/C=C/CC/C=C/C=C/C(C)OC(C)=O. The first kappa shape index (κ1) is 13.7. The molecule has 1 atom stereocenters. The molecule has 84 valence electrons. The highest BCUT2D eigenvalue weighted by Gasteiger charge is 1.97. The molecule has 0 aromatic carbocycles. The van der Waals surface area contributed by atoms with Gasteiger partial charge in [-0.2, -0.15) is 0 Å². The molecular weight excluding hydrogens is 188 g/mol. The molecule has 0 heterocycles. The van der Waals surface area contributed by atoms with Crippen molar-refractivity contribution in [2.75, 3.05) is 0 Å². The van der Waals surface area contributed by atoms with E-state index in [0.29, 0.717) is 0 Å². The minimum Gasteiger partial charge on any atom is -0.459 e. The predicted octanol–water partition coefficient (Wildman–Crippen LogP) is 3.41. The summed E-state index contributed by atoms with van der Waals surface area (Å²) < 4.78 is 4.92. The molecule has 0 saturated heterocycles. The van der Waals surface area contributed by atoms with E-state index in [1.807, 2.05) is 38.2 Å². The second kappa shape index (κ2) is 9.25. The molecule has 2 nitrogen and oxygen atoms in total. The third-order valence-corrected chi connectivity index (χ3v) is 1.72. The molecule has 15 heavy (non-hydrogen) atoms. The zero-order valence-corrected chi connectivity index (χ0v) is 9.77. The van der Waals surface area contributed by atoms with Crippen LogP contribution in [0.5, 0.6) is 0 Å². The van der Waals surface area contributed by atoms with E-state index in [1.54, 1.807) is 0 Å². The molecule has 0 aromatic heterocycles. The maximum absolute atomic E-state index is 10.6. The molecule has 0 radical (unpaired) electrons. The number of hydrogen-bond donors (Lipinski definition) is 0. The minimum absolute atomic E-state index is 0.150. The van der Waals surface area contributed by atoms with E-state index in [2.05, 4.69) is 12.2 Å². The van der Waals surface area contributed by atoms with Crippen molar-refractivity contribution in [2.45, 2.75) is 39.7 Å². The first-order chi connectivity index (χ1) is 7.16. The second-order valence-electron chi connectivity index (χ2n) is 3.27. The van der Waals surface area contributed by atoms with Gasteiger partial charge in [-0.1, -0.05) is 30.4 Å². The fourth-order valence-electron chi connectivity index (χ4n) is 1.06. The first-order valence-corrected chi connectivity index (χ1v) is 5.28. The van der Waals surface area contributed by atoms with E-state index in [9.17, 15) is 4.79 Å². The third-order valence-electron chi connectivity index (χ3n) is 1.72. The largest absolute Gasteiger partial charge is 0.459 e. The molecule has 1 unspecified atom stereocenters. The lowest BCUT2D eigenvalue weighted by Crippen LogP contribution is -2.08. The molecule has 0 rings (SSSR count). The van der Waals surface area contributed by atoms with E-state index < -0.39 is 0 Å². The highest BCUT2D eigenvalue weighted by molar-refractivity contribution is 5.66. The second-order valence-corrected chi connectivity index (χ2v) is 3.27. The summed E-state index contributed by atoms with van der Waals surface area (Å²) in [7, 11) is 0. The number of rotatable bonds is 6. The van der Waals surface area contributed by atoms with Crippen molar-refractivity contribution in [2.24, 2.45) is 0 Å². The average Bonchev–Trinajstić information content (AvgIpc) is 2.15. The van der Waals surface area contributed by atoms with Crippen molar-refractivity contribution in [3.8, 4) is 0 Å². The summed E-state index contributed by atoms with van der Waals surface area (Å²) in [6.07, 6.45) is 14.0. The van der Waals surface area contributed by atoms with Gasteiger partial charge in [0.1, 0.15) is 6.10 Å². The molecule has 0 aliphatic heterocycles. The zero-order chi connectivity index (χ0) is 11.5. The Kier molecular flexibility index (Phi) is 8.44. The number of carbonyl (C=O) groups excluding carboxylic acids is 1. The standard InChI is InChI=1S/C13H20O2/c1-4-5-6-7-8-9-10-11-12(2)15-13(3)14/h4-5,8-12H,6-7H2,1-3H3/b5-4+,9-8+,11-10+. The summed E-state index contributed by atoms with van der Waals surface area (Å²) in [6.45, 7) is 5.27. The lowest BCUT2D eigenvalue weighted by atomic mass is 10.2. The molecule has 2 heteroatoms. The van der Waals surface area contributed by atoms with Crippen molar-refractivity contribution in [3.63, 3.8) is 0 Å². The van der Waals surface area contributed by atoms with Gasteiger partial charge in [-0.25, -0.2) is 0 Å². The van der Waals surface area contributed by atoms with E-state index in [0.717, 1.165) is 12.8 Å². The van der Waals surface area contributed by atoms with Crippen LogP contribution in [-0.2, 0) is 9.53 Å². The molecule has 0 aromatic rings. The van der Waals surface area contributed by atoms with Crippen LogP contribution in [0, 0.1) is 0 Å². The predicted molar refractivity (Wildman–Crippen MR) is 63.6 cm³/mol. The number of allylic oxidation sites excluding steroid dienone is 5. The van der Waals surface area contributed by atoms with Crippen molar-refractivity contribution < 1.29 is 9.53 Å². The Bertz CT molecular complexity index is 249. The minimum atomic E-state index is -0.246. The van der Waals surface area contributed by atoms with Gasteiger partial charge in [-0.05, 0) is 32.8 Å². The van der Waals surface area contributed by atoms with Gasteiger partial charge in [0.2, 0.25) is 0 Å². The van der Waals surface area contributed by atoms with Crippen LogP contribution < -0.4 is 0 Å². The highest BCUT2D eigenvalue weighted by atomic mass is 16.5. The number of esters is 1. The lowest BCUT2D eigenvalue weighted by molar-refractivity contribution is -0.143.